The van der Waals surface area contributed by atoms with Crippen LogP contribution in [-0.2, 0) is 0 Å². The van der Waals surface area contributed by atoms with Gasteiger partial charge in [0, 0.05) is 0 Å². The van der Waals surface area contributed by atoms with E-state index in [1.54, 1.807) is 0 Å². The maximum atomic E-state index is 6.25. The summed E-state index contributed by atoms with van der Waals surface area (Å²) >= 11 is 0. The fourth-order valence-electron chi connectivity index (χ4n) is 3.46. The summed E-state index contributed by atoms with van der Waals surface area (Å²) in [7, 11) is 0. The molecule has 2 nitrogen and oxygen atoms in total. The summed E-state index contributed by atoms with van der Waals surface area (Å²) in [6.45, 7) is 15.3. The van der Waals surface area contributed by atoms with E-state index in [1.165, 1.54) is 101 Å². The van der Waals surface area contributed by atoms with E-state index in [1.807, 2.05) is 0 Å². The zero-order valence-corrected chi connectivity index (χ0v) is 14.0. The molecule has 0 aliphatic carbocycles. The average molecular weight is 280 g/mol. The van der Waals surface area contributed by atoms with Crippen LogP contribution in [0, 0.1) is 11.8 Å². The molecule has 0 aromatic heterocycles. The Labute approximate surface area is 127 Å². The highest BCUT2D eigenvalue weighted by Crippen LogP contribution is 2.21. The Kier molecular flexibility index (Phi) is 13.1. The first-order valence-corrected chi connectivity index (χ1v) is 8.90. The van der Waals surface area contributed by atoms with Gasteiger partial charge >= 0.3 is 0 Å². The van der Waals surface area contributed by atoms with Crippen molar-refractivity contribution in [2.75, 3.05) is 26.2 Å². The van der Waals surface area contributed by atoms with Crippen molar-refractivity contribution in [1.29, 1.82) is 5.26 Å². The molecule has 0 amide bonds. The Hall–Kier alpha value is -0.550. The molecule has 0 aromatic carbocycles. The summed E-state index contributed by atoms with van der Waals surface area (Å²) in [5.41, 5.74) is 0. The summed E-state index contributed by atoms with van der Waals surface area (Å²) < 4.78 is 1.47. The third kappa shape index (κ3) is 8.59. The molecule has 0 spiro atoms. The smallest absolute Gasteiger partial charge is 0.0786 e. The maximum Gasteiger partial charge on any atom is 0.0786 e. The van der Waals surface area contributed by atoms with Crippen LogP contribution in [-0.4, -0.2) is 30.7 Å². The molecule has 0 atom stereocenters. The largest absolute Gasteiger partial charge is 0.512 e. The number of hydrogen-bond acceptors (Lipinski definition) is 1. The van der Waals surface area contributed by atoms with Crippen LogP contribution in [0.1, 0.15) is 84.5 Å². The van der Waals surface area contributed by atoms with Crippen molar-refractivity contribution in [1.82, 2.24) is 0 Å². The highest BCUT2D eigenvalue weighted by atomic mass is 15.3. The highest BCUT2D eigenvalue weighted by molar-refractivity contribution is 4.56. The third-order valence-electron chi connectivity index (χ3n) is 4.74. The van der Waals surface area contributed by atoms with Crippen molar-refractivity contribution < 1.29 is 4.48 Å². The van der Waals surface area contributed by atoms with Crippen LogP contribution in [0.3, 0.4) is 0 Å². The molecule has 1 fully saturated rings. The van der Waals surface area contributed by atoms with Gasteiger partial charge in [-0.15, -0.1) is 0 Å². The highest BCUT2D eigenvalue weighted by Gasteiger charge is 2.28. The van der Waals surface area contributed by atoms with Crippen molar-refractivity contribution in [3.05, 3.63) is 6.57 Å². The van der Waals surface area contributed by atoms with Gasteiger partial charge in [-0.2, -0.15) is 0 Å². The molecule has 0 saturated carbocycles. The lowest BCUT2D eigenvalue weighted by atomic mass is 10.0. The van der Waals surface area contributed by atoms with Gasteiger partial charge in [0.2, 0.25) is 0 Å². The van der Waals surface area contributed by atoms with Gasteiger partial charge in [-0.3, -0.25) is 0 Å². The number of piperidine rings is 1. The topological polar surface area (TPSA) is 23.8 Å². The second kappa shape index (κ2) is 13.4. The summed E-state index contributed by atoms with van der Waals surface area (Å²) in [5, 5.41) is 6.25. The van der Waals surface area contributed by atoms with Crippen LogP contribution in [0.25, 0.3) is 0 Å². The Balaban J connectivity index is 0.00000172. The zero-order valence-electron chi connectivity index (χ0n) is 14.0. The predicted octanol–water partition coefficient (Wildman–Crippen LogP) is 5.24. The maximum absolute atomic E-state index is 6.25. The van der Waals surface area contributed by atoms with E-state index in [0.29, 0.717) is 0 Å². The molecule has 20 heavy (non-hydrogen) atoms. The van der Waals surface area contributed by atoms with Gasteiger partial charge in [0.25, 0.3) is 0 Å². The van der Waals surface area contributed by atoms with Crippen molar-refractivity contribution >= 4 is 0 Å². The quantitative estimate of drug-likeness (QED) is 0.305. The molecular weight excluding hydrogens is 244 g/mol. The molecule has 1 rings (SSSR count). The van der Waals surface area contributed by atoms with E-state index in [2.05, 4.69) is 13.8 Å². The fourth-order valence-corrected chi connectivity index (χ4v) is 3.46. The Morgan fingerprint density at radius 2 is 1.20 bits per heavy atom. The number of nitrogens with zero attached hydrogens (tertiary/aromatic N) is 2. The van der Waals surface area contributed by atoms with Crippen molar-refractivity contribution in [2.45, 2.75) is 84.5 Å². The lowest BCUT2D eigenvalue weighted by molar-refractivity contribution is -0.932. The normalized spacial score (nSPS) is 17.2. The monoisotopic (exact) mass is 280 g/mol. The van der Waals surface area contributed by atoms with E-state index in [-0.39, 0.29) is 0 Å². The van der Waals surface area contributed by atoms with Gasteiger partial charge in [-0.1, -0.05) is 46.0 Å². The van der Waals surface area contributed by atoms with Gasteiger partial charge in [-0.25, -0.2) is 0 Å². The zero-order chi connectivity index (χ0) is 15.1. The molecule has 1 aliphatic heterocycles. The van der Waals surface area contributed by atoms with Crippen LogP contribution in [0.4, 0.5) is 0 Å². The lowest BCUT2D eigenvalue weighted by Gasteiger charge is -2.42. The minimum absolute atomic E-state index is 1.37. The minimum Gasteiger partial charge on any atom is -0.512 e. The first kappa shape index (κ1) is 19.4. The second-order valence-electron chi connectivity index (χ2n) is 6.42. The first-order chi connectivity index (χ1) is 9.83. The summed E-state index contributed by atoms with van der Waals surface area (Å²) in [4.78, 5) is 0. The van der Waals surface area contributed by atoms with Crippen LogP contribution < -0.4 is 0 Å². The second-order valence-corrected chi connectivity index (χ2v) is 6.42. The Bertz CT molecular complexity index is 217. The molecular formula is C18H36N2. The van der Waals surface area contributed by atoms with Crippen molar-refractivity contribution in [2.24, 2.45) is 0 Å². The molecule has 0 unspecified atom stereocenters. The van der Waals surface area contributed by atoms with Crippen molar-refractivity contribution in [3.63, 3.8) is 0 Å². The molecule has 118 valence electrons. The van der Waals surface area contributed by atoms with Gasteiger partial charge in [0.15, 0.2) is 0 Å². The van der Waals surface area contributed by atoms with Crippen LogP contribution >= 0.6 is 0 Å². The van der Waals surface area contributed by atoms with Gasteiger partial charge < -0.3 is 16.3 Å². The standard InChI is InChI=1S/C17H36N.CN/c1-3-5-7-8-9-11-15-18(14-6-4-2)16-12-10-13-17-18;1-2/h3-17H2,1-2H3;/q+1;-1. The van der Waals surface area contributed by atoms with E-state index >= 15 is 0 Å². The summed E-state index contributed by atoms with van der Waals surface area (Å²) in [6, 6.07) is 0. The van der Waals surface area contributed by atoms with Crippen LogP contribution in [0.2, 0.25) is 0 Å². The summed E-state index contributed by atoms with van der Waals surface area (Å²) in [5.74, 6) is 0. The van der Waals surface area contributed by atoms with Crippen molar-refractivity contribution in [3.8, 4) is 0 Å². The average Bonchev–Trinajstić information content (AvgIpc) is 2.52. The number of rotatable bonds is 10. The molecule has 0 aromatic rings. The number of quaternary nitrogens is 1. The van der Waals surface area contributed by atoms with Crippen LogP contribution in [0.15, 0.2) is 0 Å². The van der Waals surface area contributed by atoms with E-state index in [4.69, 9.17) is 11.8 Å². The van der Waals surface area contributed by atoms with Gasteiger partial charge in [0.05, 0.1) is 26.2 Å². The van der Waals surface area contributed by atoms with E-state index in [9.17, 15) is 0 Å². The Morgan fingerprint density at radius 1 is 0.700 bits per heavy atom. The number of hydrogen-bond donors (Lipinski definition) is 0. The molecule has 1 aliphatic rings. The fraction of sp³-hybridized carbons (Fsp3) is 0.944. The van der Waals surface area contributed by atoms with Crippen LogP contribution in [0.5, 0.6) is 0 Å². The SMILES string of the molecule is CCCCCCCC[N+]1(CCCC)CCCCC1.[C-]#N. The van der Waals surface area contributed by atoms with Gasteiger partial charge in [0.1, 0.15) is 0 Å². The Morgan fingerprint density at radius 3 is 1.80 bits per heavy atom. The molecule has 0 bridgehead atoms. The molecule has 0 N–H and O–H groups in total. The predicted molar refractivity (Wildman–Crippen MR) is 86.8 cm³/mol. The molecule has 1 saturated heterocycles. The number of likely N-dealkylation sites (tertiary alicyclic amines) is 1. The molecule has 2 heteroatoms. The minimum atomic E-state index is 1.37. The molecule has 1 heterocycles. The van der Waals surface area contributed by atoms with Gasteiger partial charge in [-0.05, 0) is 38.5 Å². The number of unbranched alkanes of at least 4 members (excludes halogenated alkanes) is 6. The molecule has 0 radical (unpaired) electrons. The van der Waals surface area contributed by atoms with E-state index < -0.39 is 0 Å². The van der Waals surface area contributed by atoms with E-state index in [0.717, 1.165) is 0 Å². The third-order valence-corrected chi connectivity index (χ3v) is 4.74. The lowest BCUT2D eigenvalue weighted by Crippen LogP contribution is -2.52. The first-order valence-electron chi connectivity index (χ1n) is 8.90. The summed E-state index contributed by atoms with van der Waals surface area (Å²) in [6.07, 6.45) is 16.0.